The van der Waals surface area contributed by atoms with E-state index in [4.69, 9.17) is 9.15 Å². The SMILES string of the molecule is COc1c(O)cc2oc3c(Br)c(O)c(CC=C(C)C)c(O)c3c(=O)c2c1CC=C(C)C. The fourth-order valence-corrected chi connectivity index (χ4v) is 4.02. The molecule has 0 radical (unpaired) electrons. The molecule has 0 spiro atoms. The molecule has 0 aliphatic rings. The van der Waals surface area contributed by atoms with Gasteiger partial charge in [-0.05, 0) is 56.5 Å². The van der Waals surface area contributed by atoms with Gasteiger partial charge in [-0.3, -0.25) is 4.79 Å². The quantitative estimate of drug-likeness (QED) is 0.307. The molecule has 6 nitrogen and oxygen atoms in total. The molecular weight excluding hydrogens is 464 g/mol. The van der Waals surface area contributed by atoms with Crippen molar-refractivity contribution in [2.45, 2.75) is 40.5 Å². The van der Waals surface area contributed by atoms with Crippen LogP contribution in [0.1, 0.15) is 38.8 Å². The molecule has 0 atom stereocenters. The number of phenolic OH excluding ortho intramolecular Hbond substituents is 3. The van der Waals surface area contributed by atoms with Gasteiger partial charge in [0.2, 0.25) is 5.43 Å². The van der Waals surface area contributed by atoms with Gasteiger partial charge in [-0.1, -0.05) is 23.3 Å². The third-order valence-electron chi connectivity index (χ3n) is 5.06. The Bertz CT molecular complexity index is 1310. The molecule has 0 aliphatic heterocycles. The van der Waals surface area contributed by atoms with Crippen LogP contribution in [-0.2, 0) is 12.8 Å². The van der Waals surface area contributed by atoms with Crippen molar-refractivity contribution in [1.29, 1.82) is 0 Å². The van der Waals surface area contributed by atoms with Crippen molar-refractivity contribution in [2.24, 2.45) is 0 Å². The molecule has 3 N–H and O–H groups in total. The predicted octanol–water partition coefficient (Wildman–Crippen LogP) is 5.85. The number of hydrogen-bond acceptors (Lipinski definition) is 6. The van der Waals surface area contributed by atoms with Gasteiger partial charge in [-0.2, -0.15) is 0 Å². The van der Waals surface area contributed by atoms with Crippen LogP contribution in [0.4, 0.5) is 0 Å². The van der Waals surface area contributed by atoms with E-state index in [-0.39, 0.29) is 61.4 Å². The van der Waals surface area contributed by atoms with Crippen molar-refractivity contribution in [3.63, 3.8) is 0 Å². The third-order valence-corrected chi connectivity index (χ3v) is 5.80. The van der Waals surface area contributed by atoms with E-state index in [0.29, 0.717) is 12.0 Å². The van der Waals surface area contributed by atoms with E-state index in [9.17, 15) is 20.1 Å². The van der Waals surface area contributed by atoms with E-state index < -0.39 is 5.43 Å². The second kappa shape index (κ2) is 8.67. The van der Waals surface area contributed by atoms with E-state index in [1.54, 1.807) is 0 Å². The van der Waals surface area contributed by atoms with Crippen molar-refractivity contribution in [3.8, 4) is 23.0 Å². The van der Waals surface area contributed by atoms with Gasteiger partial charge >= 0.3 is 0 Å². The van der Waals surface area contributed by atoms with Crippen LogP contribution >= 0.6 is 15.9 Å². The zero-order valence-electron chi connectivity index (χ0n) is 18.1. The van der Waals surface area contributed by atoms with Crippen molar-refractivity contribution in [1.82, 2.24) is 0 Å². The summed E-state index contributed by atoms with van der Waals surface area (Å²) < 4.78 is 11.4. The average molecular weight is 489 g/mol. The third kappa shape index (κ3) is 4.02. The Morgan fingerprint density at radius 3 is 2.13 bits per heavy atom. The Kier molecular flexibility index (Phi) is 6.36. The molecule has 0 saturated carbocycles. The number of phenols is 3. The Morgan fingerprint density at radius 1 is 1.00 bits per heavy atom. The number of halogens is 1. The largest absolute Gasteiger partial charge is 0.507 e. The first-order chi connectivity index (χ1) is 14.6. The van der Waals surface area contributed by atoms with Crippen molar-refractivity contribution >= 4 is 37.9 Å². The van der Waals surface area contributed by atoms with Gasteiger partial charge in [0.15, 0.2) is 17.1 Å². The van der Waals surface area contributed by atoms with E-state index in [1.807, 2.05) is 39.8 Å². The predicted molar refractivity (Wildman–Crippen MR) is 126 cm³/mol. The van der Waals surface area contributed by atoms with Crippen LogP contribution in [0.15, 0.2) is 43.0 Å². The lowest BCUT2D eigenvalue weighted by Crippen LogP contribution is -2.08. The molecule has 3 aromatic rings. The fourth-order valence-electron chi connectivity index (χ4n) is 3.50. The Hall–Kier alpha value is -2.93. The van der Waals surface area contributed by atoms with Crippen molar-refractivity contribution in [2.75, 3.05) is 7.11 Å². The maximum atomic E-state index is 13.6. The van der Waals surface area contributed by atoms with Crippen molar-refractivity contribution < 1.29 is 24.5 Å². The van der Waals surface area contributed by atoms with E-state index in [0.717, 1.165) is 11.1 Å². The first-order valence-corrected chi connectivity index (χ1v) is 10.6. The molecule has 3 rings (SSSR count). The number of methoxy groups -OCH3 is 1. The second-order valence-corrected chi connectivity index (χ2v) is 8.67. The summed E-state index contributed by atoms with van der Waals surface area (Å²) in [6, 6.07) is 1.30. The van der Waals surface area contributed by atoms with Gasteiger partial charge < -0.3 is 24.5 Å². The number of allylic oxidation sites excluding steroid dienone is 4. The lowest BCUT2D eigenvalue weighted by Gasteiger charge is -2.15. The number of hydrogen-bond donors (Lipinski definition) is 3. The van der Waals surface area contributed by atoms with Crippen molar-refractivity contribution in [3.05, 3.63) is 55.2 Å². The van der Waals surface area contributed by atoms with Crippen LogP contribution in [0.3, 0.4) is 0 Å². The highest BCUT2D eigenvalue weighted by molar-refractivity contribution is 9.10. The first kappa shape index (κ1) is 22.7. The molecule has 1 heterocycles. The summed E-state index contributed by atoms with van der Waals surface area (Å²) in [6.45, 7) is 7.66. The fraction of sp³-hybridized carbons (Fsp3) is 0.292. The summed E-state index contributed by atoms with van der Waals surface area (Å²) in [5.41, 5.74) is 2.39. The van der Waals surface area contributed by atoms with Gasteiger partial charge in [0.1, 0.15) is 26.9 Å². The Labute approximate surface area is 188 Å². The minimum absolute atomic E-state index is 0.00572. The summed E-state index contributed by atoms with van der Waals surface area (Å²) in [5.74, 6) is -0.519. The summed E-state index contributed by atoms with van der Waals surface area (Å²) in [6.07, 6.45) is 4.33. The number of fused-ring (bicyclic) bond motifs is 2. The van der Waals surface area contributed by atoms with E-state index >= 15 is 0 Å². The van der Waals surface area contributed by atoms with Crippen LogP contribution in [0, 0.1) is 0 Å². The normalized spacial score (nSPS) is 11.0. The molecule has 2 aromatic carbocycles. The van der Waals surface area contributed by atoms with Gasteiger partial charge in [0.25, 0.3) is 0 Å². The minimum atomic E-state index is -0.469. The van der Waals surface area contributed by atoms with Crippen LogP contribution in [-0.4, -0.2) is 22.4 Å². The van der Waals surface area contributed by atoms with Gasteiger partial charge in [0, 0.05) is 17.2 Å². The first-order valence-electron chi connectivity index (χ1n) is 9.76. The maximum absolute atomic E-state index is 13.6. The van der Waals surface area contributed by atoms with E-state index in [2.05, 4.69) is 15.9 Å². The van der Waals surface area contributed by atoms with Gasteiger partial charge in [-0.15, -0.1) is 0 Å². The van der Waals surface area contributed by atoms with Gasteiger partial charge in [0.05, 0.1) is 12.5 Å². The monoisotopic (exact) mass is 488 g/mol. The van der Waals surface area contributed by atoms with Crippen LogP contribution in [0.2, 0.25) is 0 Å². The summed E-state index contributed by atoms with van der Waals surface area (Å²) in [7, 11) is 1.42. The summed E-state index contributed by atoms with van der Waals surface area (Å²) in [4.78, 5) is 13.6. The lowest BCUT2D eigenvalue weighted by atomic mass is 9.98. The molecule has 0 fully saturated rings. The molecule has 7 heteroatoms. The molecule has 0 aliphatic carbocycles. The molecule has 0 bridgehead atoms. The summed E-state index contributed by atoms with van der Waals surface area (Å²) in [5, 5.41) is 32.2. The zero-order chi connectivity index (χ0) is 23.0. The number of rotatable bonds is 5. The molecule has 0 amide bonds. The number of benzene rings is 2. The lowest BCUT2D eigenvalue weighted by molar-refractivity contribution is 0.370. The Morgan fingerprint density at radius 2 is 1.58 bits per heavy atom. The Balaban J connectivity index is 2.52. The number of ether oxygens (including phenoxy) is 1. The topological polar surface area (TPSA) is 100 Å². The van der Waals surface area contributed by atoms with Crippen LogP contribution in [0.25, 0.3) is 21.9 Å². The molecular formula is C24H25BrO6. The molecule has 164 valence electrons. The van der Waals surface area contributed by atoms with Crippen LogP contribution < -0.4 is 10.2 Å². The maximum Gasteiger partial charge on any atom is 0.204 e. The molecule has 0 unspecified atom stereocenters. The second-order valence-electron chi connectivity index (χ2n) is 7.88. The smallest absolute Gasteiger partial charge is 0.204 e. The standard InChI is InChI=1S/C24H25BrO6/c1-11(2)6-8-13-17-16(10-15(26)23(13)30-5)31-24-18(22(17)29)20(27)14(9-7-12(3)4)21(28)19(24)25/h6-7,10,26-28H,8-9H2,1-5H3. The van der Waals surface area contributed by atoms with Gasteiger partial charge in [-0.25, -0.2) is 0 Å². The zero-order valence-corrected chi connectivity index (χ0v) is 19.7. The van der Waals surface area contributed by atoms with Crippen LogP contribution in [0.5, 0.6) is 23.0 Å². The highest BCUT2D eigenvalue weighted by atomic mass is 79.9. The highest BCUT2D eigenvalue weighted by Gasteiger charge is 2.25. The number of aromatic hydroxyl groups is 3. The van der Waals surface area contributed by atoms with E-state index in [1.165, 1.54) is 13.2 Å². The molecule has 0 saturated heterocycles. The molecule has 1 aromatic heterocycles. The average Bonchev–Trinajstić information content (AvgIpc) is 2.69. The summed E-state index contributed by atoms with van der Waals surface area (Å²) >= 11 is 3.30. The minimum Gasteiger partial charge on any atom is -0.507 e. The highest BCUT2D eigenvalue weighted by Crippen LogP contribution is 2.44. The molecule has 31 heavy (non-hydrogen) atoms.